The summed E-state index contributed by atoms with van der Waals surface area (Å²) in [5.41, 5.74) is 2.92. The third kappa shape index (κ3) is 3.58. The van der Waals surface area contributed by atoms with E-state index in [0.29, 0.717) is 11.5 Å². The van der Waals surface area contributed by atoms with Crippen LogP contribution in [-0.4, -0.2) is 46.0 Å². The van der Waals surface area contributed by atoms with Gasteiger partial charge in [-0.25, -0.2) is 9.97 Å². The summed E-state index contributed by atoms with van der Waals surface area (Å²) in [6.45, 7) is 5.26. The van der Waals surface area contributed by atoms with Gasteiger partial charge in [0.05, 0.1) is 5.69 Å². The van der Waals surface area contributed by atoms with Crippen LogP contribution in [0.3, 0.4) is 0 Å². The van der Waals surface area contributed by atoms with Crippen LogP contribution in [0, 0.1) is 5.41 Å². The Labute approximate surface area is 156 Å². The molecule has 2 aromatic heterocycles. The summed E-state index contributed by atoms with van der Waals surface area (Å²) in [5.74, 6) is 0.903. The Balaban J connectivity index is 1.27. The number of aromatic nitrogens is 3. The lowest BCUT2D eigenvalue weighted by Gasteiger charge is -2.54. The second-order valence-corrected chi connectivity index (χ2v) is 8.03. The van der Waals surface area contributed by atoms with Crippen molar-refractivity contribution in [1.29, 1.82) is 0 Å². The molecule has 2 aromatic rings. The van der Waals surface area contributed by atoms with Gasteiger partial charge in [-0.2, -0.15) is 0 Å². The maximum atomic E-state index is 4.55. The van der Waals surface area contributed by atoms with Crippen molar-refractivity contribution in [3.63, 3.8) is 0 Å². The molecule has 5 heteroatoms. The van der Waals surface area contributed by atoms with Crippen molar-refractivity contribution in [2.45, 2.75) is 51.6 Å². The molecule has 1 aliphatic heterocycles. The molecule has 2 aliphatic rings. The summed E-state index contributed by atoms with van der Waals surface area (Å²) in [6.07, 6.45) is 12.0. The van der Waals surface area contributed by atoms with E-state index < -0.39 is 0 Å². The molecule has 0 aromatic carbocycles. The zero-order chi connectivity index (χ0) is 18.0. The summed E-state index contributed by atoms with van der Waals surface area (Å²) < 4.78 is 0. The molecule has 1 aliphatic carbocycles. The molecule has 0 bridgehead atoms. The third-order valence-electron chi connectivity index (χ3n) is 6.31. The van der Waals surface area contributed by atoms with Crippen LogP contribution in [0.4, 0.5) is 5.95 Å². The van der Waals surface area contributed by atoms with Gasteiger partial charge in [0.15, 0.2) is 0 Å². The Morgan fingerprint density at radius 2 is 1.85 bits per heavy atom. The van der Waals surface area contributed by atoms with Crippen LogP contribution in [0.1, 0.15) is 43.9 Å². The summed E-state index contributed by atoms with van der Waals surface area (Å²) in [7, 11) is 2.24. The highest BCUT2D eigenvalue weighted by atomic mass is 15.3. The molecule has 0 amide bonds. The van der Waals surface area contributed by atoms with E-state index in [2.05, 4.69) is 50.9 Å². The zero-order valence-corrected chi connectivity index (χ0v) is 15.9. The molecule has 0 atom stereocenters. The molecule has 138 valence electrons. The number of nitrogens with zero attached hydrogens (tertiary/aromatic N) is 5. The first-order valence-corrected chi connectivity index (χ1v) is 9.83. The van der Waals surface area contributed by atoms with Gasteiger partial charge >= 0.3 is 0 Å². The summed E-state index contributed by atoms with van der Waals surface area (Å²) in [6, 6.07) is 6.87. The molecule has 2 fully saturated rings. The van der Waals surface area contributed by atoms with E-state index in [1.165, 1.54) is 36.9 Å². The van der Waals surface area contributed by atoms with Gasteiger partial charge in [0.1, 0.15) is 0 Å². The molecule has 1 saturated carbocycles. The van der Waals surface area contributed by atoms with Crippen molar-refractivity contribution in [3.05, 3.63) is 48.0 Å². The number of anilines is 1. The number of piperidine rings is 1. The number of hydrogen-bond donors (Lipinski definition) is 0. The Hall–Kier alpha value is -2.01. The average molecular weight is 351 g/mol. The quantitative estimate of drug-likeness (QED) is 0.827. The number of hydrogen-bond acceptors (Lipinski definition) is 5. The maximum Gasteiger partial charge on any atom is 0.225 e. The standard InChI is InChI=1S/C21H29N5/c1-3-17-14-23-20(24-15-17)26-10-7-21(8-11-26)12-19(13-21)25(2)16-18-6-4-5-9-22-18/h4-6,9,14-15,19H,3,7-8,10-13,16H2,1-2H3. The highest BCUT2D eigenvalue weighted by Gasteiger charge is 2.47. The molecule has 4 rings (SSSR count). The molecule has 5 nitrogen and oxygen atoms in total. The van der Waals surface area contributed by atoms with Gasteiger partial charge in [-0.3, -0.25) is 9.88 Å². The molecule has 0 unspecified atom stereocenters. The molecule has 3 heterocycles. The van der Waals surface area contributed by atoms with E-state index in [4.69, 9.17) is 0 Å². The minimum Gasteiger partial charge on any atom is -0.341 e. The van der Waals surface area contributed by atoms with Crippen LogP contribution in [0.15, 0.2) is 36.8 Å². The van der Waals surface area contributed by atoms with E-state index >= 15 is 0 Å². The van der Waals surface area contributed by atoms with Gasteiger partial charge in [-0.1, -0.05) is 13.0 Å². The van der Waals surface area contributed by atoms with E-state index in [9.17, 15) is 0 Å². The Kier molecular flexibility index (Phi) is 4.90. The second kappa shape index (κ2) is 7.31. The van der Waals surface area contributed by atoms with E-state index in [0.717, 1.165) is 32.0 Å². The SMILES string of the molecule is CCc1cnc(N2CCC3(CC2)CC(N(C)Cc2ccccn2)C3)nc1. The van der Waals surface area contributed by atoms with E-state index in [1.807, 2.05) is 24.7 Å². The van der Waals surface area contributed by atoms with Gasteiger partial charge < -0.3 is 4.90 Å². The van der Waals surface area contributed by atoms with Crippen LogP contribution in [-0.2, 0) is 13.0 Å². The van der Waals surface area contributed by atoms with E-state index in [1.54, 1.807) is 0 Å². The van der Waals surface area contributed by atoms with Gasteiger partial charge in [0.25, 0.3) is 0 Å². The van der Waals surface area contributed by atoms with Crippen molar-refractivity contribution < 1.29 is 0 Å². The van der Waals surface area contributed by atoms with Crippen molar-refractivity contribution in [2.24, 2.45) is 5.41 Å². The fraction of sp³-hybridized carbons (Fsp3) is 0.571. The van der Waals surface area contributed by atoms with E-state index in [-0.39, 0.29) is 0 Å². The van der Waals surface area contributed by atoms with Crippen molar-refractivity contribution in [2.75, 3.05) is 25.0 Å². The average Bonchev–Trinajstić information content (AvgIpc) is 2.67. The van der Waals surface area contributed by atoms with Crippen molar-refractivity contribution in [3.8, 4) is 0 Å². The monoisotopic (exact) mass is 351 g/mol. The normalized spacial score (nSPS) is 19.7. The largest absolute Gasteiger partial charge is 0.341 e. The van der Waals surface area contributed by atoms with Crippen LogP contribution >= 0.6 is 0 Å². The Bertz CT molecular complexity index is 699. The molecule has 0 N–H and O–H groups in total. The lowest BCUT2D eigenvalue weighted by atomic mass is 9.60. The van der Waals surface area contributed by atoms with Gasteiger partial charge in [0, 0.05) is 44.3 Å². The van der Waals surface area contributed by atoms with Crippen molar-refractivity contribution >= 4 is 5.95 Å². The fourth-order valence-electron chi connectivity index (χ4n) is 4.41. The smallest absolute Gasteiger partial charge is 0.225 e. The molecular formula is C21H29N5. The minimum atomic E-state index is 0.545. The zero-order valence-electron chi connectivity index (χ0n) is 15.9. The van der Waals surface area contributed by atoms with Gasteiger partial charge in [-0.05, 0) is 62.3 Å². The Morgan fingerprint density at radius 1 is 1.12 bits per heavy atom. The van der Waals surface area contributed by atoms with Crippen LogP contribution < -0.4 is 4.90 Å². The van der Waals surface area contributed by atoms with Gasteiger partial charge in [0.2, 0.25) is 5.95 Å². The van der Waals surface area contributed by atoms with Crippen LogP contribution in [0.5, 0.6) is 0 Å². The summed E-state index contributed by atoms with van der Waals surface area (Å²) in [5, 5.41) is 0. The molecule has 26 heavy (non-hydrogen) atoms. The molecule has 0 radical (unpaired) electrons. The first-order valence-electron chi connectivity index (χ1n) is 9.83. The number of aryl methyl sites for hydroxylation is 1. The molecule has 1 saturated heterocycles. The van der Waals surface area contributed by atoms with Crippen LogP contribution in [0.25, 0.3) is 0 Å². The predicted octanol–water partition coefficient (Wildman–Crippen LogP) is 3.32. The second-order valence-electron chi connectivity index (χ2n) is 8.03. The highest BCUT2D eigenvalue weighted by Crippen LogP contribution is 2.51. The Morgan fingerprint density at radius 3 is 2.46 bits per heavy atom. The number of rotatable bonds is 5. The predicted molar refractivity (Wildman–Crippen MR) is 104 cm³/mol. The fourth-order valence-corrected chi connectivity index (χ4v) is 4.41. The lowest BCUT2D eigenvalue weighted by Crippen LogP contribution is -2.54. The third-order valence-corrected chi connectivity index (χ3v) is 6.31. The highest BCUT2D eigenvalue weighted by molar-refractivity contribution is 5.31. The lowest BCUT2D eigenvalue weighted by molar-refractivity contribution is -0.00927. The van der Waals surface area contributed by atoms with Crippen LogP contribution in [0.2, 0.25) is 0 Å². The van der Waals surface area contributed by atoms with Gasteiger partial charge in [-0.15, -0.1) is 0 Å². The molecule has 1 spiro atoms. The maximum absolute atomic E-state index is 4.55. The first-order chi connectivity index (χ1) is 12.7. The summed E-state index contributed by atoms with van der Waals surface area (Å²) in [4.78, 5) is 18.4. The van der Waals surface area contributed by atoms with Crippen molar-refractivity contribution in [1.82, 2.24) is 19.9 Å². The summed E-state index contributed by atoms with van der Waals surface area (Å²) >= 11 is 0. The topological polar surface area (TPSA) is 45.2 Å². The first kappa shape index (κ1) is 17.4. The minimum absolute atomic E-state index is 0.545. The number of pyridine rings is 1. The molecular weight excluding hydrogens is 322 g/mol.